The molecule has 2 aromatic carbocycles. The smallest absolute Gasteiger partial charge is 0.182 e. The Balaban J connectivity index is 2.39. The minimum Gasteiger partial charge on any atom is -0.330 e. The van der Waals surface area contributed by atoms with E-state index in [9.17, 15) is 0 Å². The Hall–Kier alpha value is -1.87. The summed E-state index contributed by atoms with van der Waals surface area (Å²) in [6, 6.07) is 12.8. The Kier molecular flexibility index (Phi) is 2.79. The first kappa shape index (κ1) is 12.2. The van der Waals surface area contributed by atoms with Crippen LogP contribution in [0.5, 0.6) is 0 Å². The molecular formula is C16H16N2S. The van der Waals surface area contributed by atoms with Crippen molar-refractivity contribution in [3.8, 4) is 5.69 Å². The van der Waals surface area contributed by atoms with Crippen LogP contribution in [-0.2, 0) is 0 Å². The molecule has 0 radical (unpaired) electrons. The van der Waals surface area contributed by atoms with Gasteiger partial charge >= 0.3 is 0 Å². The minimum absolute atomic E-state index is 0.745. The molecule has 0 spiro atoms. The third-order valence-corrected chi connectivity index (χ3v) is 3.68. The predicted octanol–water partition coefficient (Wildman–Crippen LogP) is 4.61. The van der Waals surface area contributed by atoms with Gasteiger partial charge in [-0.1, -0.05) is 18.2 Å². The van der Waals surface area contributed by atoms with Crippen molar-refractivity contribution in [2.45, 2.75) is 20.8 Å². The number of hydrogen-bond acceptors (Lipinski definition) is 1. The number of aromatic nitrogens is 2. The molecule has 3 rings (SSSR count). The maximum Gasteiger partial charge on any atom is 0.182 e. The molecule has 3 heteroatoms. The van der Waals surface area contributed by atoms with Crippen molar-refractivity contribution in [3.63, 3.8) is 0 Å². The van der Waals surface area contributed by atoms with Gasteiger partial charge in [0.1, 0.15) is 0 Å². The number of rotatable bonds is 1. The zero-order valence-corrected chi connectivity index (χ0v) is 12.1. The Bertz CT molecular complexity index is 804. The molecule has 1 aromatic heterocycles. The second-order valence-electron chi connectivity index (χ2n) is 5.08. The lowest BCUT2D eigenvalue weighted by molar-refractivity contribution is 1.06. The highest BCUT2D eigenvalue weighted by Crippen LogP contribution is 2.23. The summed E-state index contributed by atoms with van der Waals surface area (Å²) in [6.07, 6.45) is 0. The molecule has 3 aromatic rings. The van der Waals surface area contributed by atoms with Crippen LogP contribution in [-0.4, -0.2) is 9.55 Å². The number of aryl methyl sites for hydroxylation is 3. The molecule has 0 atom stereocenters. The number of imidazole rings is 1. The van der Waals surface area contributed by atoms with Gasteiger partial charge in [0.15, 0.2) is 4.77 Å². The van der Waals surface area contributed by atoms with Crippen LogP contribution in [0.3, 0.4) is 0 Å². The number of aromatic amines is 1. The van der Waals surface area contributed by atoms with Gasteiger partial charge in [0.05, 0.1) is 11.0 Å². The second kappa shape index (κ2) is 4.35. The van der Waals surface area contributed by atoms with Crippen molar-refractivity contribution < 1.29 is 0 Å². The highest BCUT2D eigenvalue weighted by molar-refractivity contribution is 7.71. The summed E-state index contributed by atoms with van der Waals surface area (Å²) in [7, 11) is 0. The lowest BCUT2D eigenvalue weighted by Gasteiger charge is -2.07. The summed E-state index contributed by atoms with van der Waals surface area (Å²) in [5, 5.41) is 0. The third kappa shape index (κ3) is 2.00. The van der Waals surface area contributed by atoms with Crippen LogP contribution in [0, 0.1) is 25.5 Å². The highest BCUT2D eigenvalue weighted by Gasteiger charge is 2.08. The summed E-state index contributed by atoms with van der Waals surface area (Å²) in [6.45, 7) is 6.32. The van der Waals surface area contributed by atoms with Crippen molar-refractivity contribution in [3.05, 3.63) is 57.9 Å². The van der Waals surface area contributed by atoms with Crippen LogP contribution in [0.25, 0.3) is 16.7 Å². The monoisotopic (exact) mass is 268 g/mol. The van der Waals surface area contributed by atoms with Gasteiger partial charge in [0.2, 0.25) is 0 Å². The van der Waals surface area contributed by atoms with E-state index >= 15 is 0 Å². The van der Waals surface area contributed by atoms with Gasteiger partial charge in [0, 0.05) is 5.69 Å². The summed E-state index contributed by atoms with van der Waals surface area (Å²) >= 11 is 5.49. The predicted molar refractivity (Wildman–Crippen MR) is 82.7 cm³/mol. The first-order chi connectivity index (χ1) is 9.06. The fraction of sp³-hybridized carbons (Fsp3) is 0.188. The van der Waals surface area contributed by atoms with E-state index in [-0.39, 0.29) is 0 Å². The molecule has 0 saturated carbocycles. The standard InChI is InChI=1S/C16H16N2S/c1-10-7-11(2)9-13(8-10)18-14-6-4-5-12(3)15(14)17-16(18)19/h4-9H,1-3H3,(H,17,19). The molecule has 1 heterocycles. The minimum atomic E-state index is 0.745. The molecule has 0 amide bonds. The molecule has 0 fully saturated rings. The summed E-state index contributed by atoms with van der Waals surface area (Å²) in [5.74, 6) is 0. The lowest BCUT2D eigenvalue weighted by Crippen LogP contribution is -1.95. The first-order valence-corrected chi connectivity index (χ1v) is 6.76. The number of fused-ring (bicyclic) bond motifs is 1. The number of nitrogens with zero attached hydrogens (tertiary/aromatic N) is 1. The first-order valence-electron chi connectivity index (χ1n) is 6.35. The second-order valence-corrected chi connectivity index (χ2v) is 5.47. The molecule has 0 aliphatic rings. The van der Waals surface area contributed by atoms with Gasteiger partial charge in [-0.25, -0.2) is 0 Å². The molecule has 0 aliphatic heterocycles. The number of para-hydroxylation sites is 1. The molecule has 2 nitrogen and oxygen atoms in total. The zero-order valence-electron chi connectivity index (χ0n) is 11.3. The molecule has 0 unspecified atom stereocenters. The fourth-order valence-electron chi connectivity index (χ4n) is 2.61. The van der Waals surface area contributed by atoms with E-state index in [1.807, 2.05) is 0 Å². The van der Waals surface area contributed by atoms with E-state index in [1.165, 1.54) is 16.7 Å². The van der Waals surface area contributed by atoms with Gasteiger partial charge in [-0.3, -0.25) is 4.57 Å². The number of nitrogens with one attached hydrogen (secondary N) is 1. The molecule has 0 aliphatic carbocycles. The van der Waals surface area contributed by atoms with E-state index in [2.05, 4.69) is 66.7 Å². The summed E-state index contributed by atoms with van der Waals surface area (Å²) < 4.78 is 2.85. The molecule has 19 heavy (non-hydrogen) atoms. The average molecular weight is 268 g/mol. The Morgan fingerprint density at radius 1 is 1.00 bits per heavy atom. The molecule has 0 bridgehead atoms. The topological polar surface area (TPSA) is 20.7 Å². The quantitative estimate of drug-likeness (QED) is 0.639. The third-order valence-electron chi connectivity index (χ3n) is 3.39. The number of H-pyrrole nitrogens is 1. The van der Waals surface area contributed by atoms with E-state index in [1.54, 1.807) is 0 Å². The van der Waals surface area contributed by atoms with Crippen LogP contribution in [0.15, 0.2) is 36.4 Å². The van der Waals surface area contributed by atoms with Crippen LogP contribution >= 0.6 is 12.2 Å². The van der Waals surface area contributed by atoms with Crippen LogP contribution < -0.4 is 0 Å². The molecule has 1 N–H and O–H groups in total. The van der Waals surface area contributed by atoms with E-state index in [0.29, 0.717) is 0 Å². The van der Waals surface area contributed by atoms with Crippen molar-refractivity contribution in [2.24, 2.45) is 0 Å². The zero-order chi connectivity index (χ0) is 13.6. The average Bonchev–Trinajstić information content (AvgIpc) is 2.65. The van der Waals surface area contributed by atoms with Gasteiger partial charge in [0.25, 0.3) is 0 Å². The number of hydrogen-bond donors (Lipinski definition) is 1. The van der Waals surface area contributed by atoms with Crippen LogP contribution in [0.4, 0.5) is 0 Å². The maximum atomic E-state index is 5.49. The molecular weight excluding hydrogens is 252 g/mol. The normalized spacial score (nSPS) is 11.1. The van der Waals surface area contributed by atoms with Crippen LogP contribution in [0.1, 0.15) is 16.7 Å². The van der Waals surface area contributed by atoms with Crippen molar-refractivity contribution in [1.29, 1.82) is 0 Å². The van der Waals surface area contributed by atoms with Gasteiger partial charge in [-0.05, 0) is 67.9 Å². The van der Waals surface area contributed by atoms with Crippen molar-refractivity contribution in [1.82, 2.24) is 9.55 Å². The SMILES string of the molecule is Cc1cc(C)cc(-n2c(=S)[nH]c3c(C)cccc32)c1. The van der Waals surface area contributed by atoms with Crippen LogP contribution in [0.2, 0.25) is 0 Å². The van der Waals surface area contributed by atoms with Crippen molar-refractivity contribution >= 4 is 23.3 Å². The Labute approximate surface area is 117 Å². The van der Waals surface area contributed by atoms with E-state index < -0.39 is 0 Å². The summed E-state index contributed by atoms with van der Waals surface area (Å²) in [4.78, 5) is 3.31. The Morgan fingerprint density at radius 2 is 1.68 bits per heavy atom. The highest BCUT2D eigenvalue weighted by atomic mass is 32.1. The lowest BCUT2D eigenvalue weighted by atomic mass is 10.1. The van der Waals surface area contributed by atoms with E-state index in [0.717, 1.165) is 21.5 Å². The largest absolute Gasteiger partial charge is 0.330 e. The summed E-state index contributed by atoms with van der Waals surface area (Å²) in [5.41, 5.74) is 7.09. The molecule has 0 saturated heterocycles. The number of benzene rings is 2. The fourth-order valence-corrected chi connectivity index (χ4v) is 2.92. The maximum absolute atomic E-state index is 5.49. The van der Waals surface area contributed by atoms with Crippen molar-refractivity contribution in [2.75, 3.05) is 0 Å². The Morgan fingerprint density at radius 3 is 2.37 bits per heavy atom. The van der Waals surface area contributed by atoms with Gasteiger partial charge in [-0.15, -0.1) is 0 Å². The van der Waals surface area contributed by atoms with E-state index in [4.69, 9.17) is 12.2 Å². The molecule has 96 valence electrons. The van der Waals surface area contributed by atoms with Gasteiger partial charge in [-0.2, -0.15) is 0 Å². The van der Waals surface area contributed by atoms with Gasteiger partial charge < -0.3 is 4.98 Å².